The third kappa shape index (κ3) is 8.00. The fourth-order valence-corrected chi connectivity index (χ4v) is 4.09. The van der Waals surface area contributed by atoms with Gasteiger partial charge in [0.2, 0.25) is 5.91 Å². The Labute approximate surface area is 181 Å². The number of rotatable bonds is 6. The number of ether oxygens (including phenoxy) is 1. The number of cyclic esters (lactones) is 1. The number of hydrogen-bond acceptors (Lipinski definition) is 4. The Morgan fingerprint density at radius 2 is 1.80 bits per heavy atom. The van der Waals surface area contributed by atoms with Crippen LogP contribution < -0.4 is 0 Å². The normalized spacial score (nSPS) is 24.5. The lowest BCUT2D eigenvalue weighted by molar-refractivity contribution is -0.159. The standard InChI is InChI=1S/C25H39NO4/c1-4-5-6-10-22-17-12-19(2)9-7-8-11-24(28)26(3)23(25(29)30-22)18-20-13-15-21(27)16-14-20/h13-16,19,22-23,27H,4-12,17-18H2,1-3H3/t19-,22-,23+/m1/s1. The number of phenols is 1. The van der Waals surface area contributed by atoms with Crippen molar-refractivity contribution in [3.05, 3.63) is 29.8 Å². The molecule has 0 aromatic heterocycles. The monoisotopic (exact) mass is 417 g/mol. The third-order valence-electron chi connectivity index (χ3n) is 6.23. The molecule has 3 atom stereocenters. The summed E-state index contributed by atoms with van der Waals surface area (Å²) in [5.41, 5.74) is 0.898. The highest BCUT2D eigenvalue weighted by molar-refractivity contribution is 5.84. The van der Waals surface area contributed by atoms with Gasteiger partial charge in [-0.15, -0.1) is 0 Å². The molecule has 1 saturated heterocycles. The topological polar surface area (TPSA) is 66.8 Å². The van der Waals surface area contributed by atoms with Crippen LogP contribution in [0, 0.1) is 5.92 Å². The van der Waals surface area contributed by atoms with Gasteiger partial charge in [-0.25, -0.2) is 4.79 Å². The summed E-state index contributed by atoms with van der Waals surface area (Å²) in [6.45, 7) is 4.43. The second-order valence-electron chi connectivity index (χ2n) is 8.87. The van der Waals surface area contributed by atoms with E-state index in [-0.39, 0.29) is 23.7 Å². The molecule has 0 unspecified atom stereocenters. The molecule has 1 aliphatic heterocycles. The molecule has 1 aromatic rings. The zero-order valence-corrected chi connectivity index (χ0v) is 18.9. The van der Waals surface area contributed by atoms with Crippen molar-refractivity contribution in [3.63, 3.8) is 0 Å². The van der Waals surface area contributed by atoms with Crippen molar-refractivity contribution in [3.8, 4) is 5.75 Å². The van der Waals surface area contributed by atoms with Gasteiger partial charge in [0.15, 0.2) is 0 Å². The van der Waals surface area contributed by atoms with E-state index in [0.29, 0.717) is 18.8 Å². The quantitative estimate of drug-likeness (QED) is 0.507. The molecule has 1 N–H and O–H groups in total. The lowest BCUT2D eigenvalue weighted by atomic mass is 9.95. The number of unbranched alkanes of at least 4 members (excludes halogenated alkanes) is 2. The molecule has 1 heterocycles. The van der Waals surface area contributed by atoms with Crippen molar-refractivity contribution in [2.75, 3.05) is 7.05 Å². The van der Waals surface area contributed by atoms with Crippen molar-refractivity contribution in [2.45, 2.75) is 96.6 Å². The van der Waals surface area contributed by atoms with Crippen LogP contribution in [0.4, 0.5) is 0 Å². The highest BCUT2D eigenvalue weighted by Crippen LogP contribution is 2.23. The summed E-state index contributed by atoms with van der Waals surface area (Å²) >= 11 is 0. The van der Waals surface area contributed by atoms with E-state index in [0.717, 1.165) is 63.4 Å². The fourth-order valence-electron chi connectivity index (χ4n) is 4.09. The predicted octanol–water partition coefficient (Wildman–Crippen LogP) is 5.24. The van der Waals surface area contributed by atoms with Crippen molar-refractivity contribution < 1.29 is 19.4 Å². The van der Waals surface area contributed by atoms with Gasteiger partial charge in [-0.1, -0.05) is 51.7 Å². The number of amides is 1. The smallest absolute Gasteiger partial charge is 0.329 e. The van der Waals surface area contributed by atoms with Crippen molar-refractivity contribution in [1.29, 1.82) is 0 Å². The molecule has 0 saturated carbocycles. The summed E-state index contributed by atoms with van der Waals surface area (Å²) in [6.07, 6.45) is 9.93. The zero-order valence-electron chi connectivity index (χ0n) is 18.9. The highest BCUT2D eigenvalue weighted by atomic mass is 16.5. The Hall–Kier alpha value is -2.04. The van der Waals surface area contributed by atoms with Gasteiger partial charge in [-0.3, -0.25) is 4.79 Å². The predicted molar refractivity (Wildman–Crippen MR) is 119 cm³/mol. The van der Waals surface area contributed by atoms with Gasteiger partial charge < -0.3 is 14.7 Å². The van der Waals surface area contributed by atoms with Gasteiger partial charge in [-0.2, -0.15) is 0 Å². The number of nitrogens with zero attached hydrogens (tertiary/aromatic N) is 1. The first-order chi connectivity index (χ1) is 14.4. The van der Waals surface area contributed by atoms with Crippen LogP contribution in [-0.2, 0) is 20.7 Å². The molecule has 0 radical (unpaired) electrons. The molecular weight excluding hydrogens is 378 g/mol. The van der Waals surface area contributed by atoms with E-state index < -0.39 is 6.04 Å². The van der Waals surface area contributed by atoms with Gasteiger partial charge >= 0.3 is 5.97 Å². The Kier molecular flexibility index (Phi) is 10.2. The first kappa shape index (κ1) is 24.2. The van der Waals surface area contributed by atoms with Crippen molar-refractivity contribution in [2.24, 2.45) is 5.92 Å². The average molecular weight is 418 g/mol. The van der Waals surface area contributed by atoms with Gasteiger partial charge in [0.25, 0.3) is 0 Å². The first-order valence-corrected chi connectivity index (χ1v) is 11.6. The van der Waals surface area contributed by atoms with Crippen molar-refractivity contribution >= 4 is 11.9 Å². The maximum Gasteiger partial charge on any atom is 0.329 e. The summed E-state index contributed by atoms with van der Waals surface area (Å²) in [4.78, 5) is 27.5. The number of likely N-dealkylation sites (N-methyl/N-ethyl adjacent to an activating group) is 1. The minimum Gasteiger partial charge on any atom is -0.508 e. The number of esters is 1. The largest absolute Gasteiger partial charge is 0.508 e. The lowest BCUT2D eigenvalue weighted by Gasteiger charge is -2.29. The van der Waals surface area contributed by atoms with Crippen LogP contribution in [0.25, 0.3) is 0 Å². The number of hydrogen-bond donors (Lipinski definition) is 1. The molecule has 2 rings (SSSR count). The van der Waals surface area contributed by atoms with E-state index in [4.69, 9.17) is 4.74 Å². The first-order valence-electron chi connectivity index (χ1n) is 11.6. The summed E-state index contributed by atoms with van der Waals surface area (Å²) in [5, 5.41) is 9.55. The molecule has 0 aliphatic carbocycles. The fraction of sp³-hybridized carbons (Fsp3) is 0.680. The molecule has 0 spiro atoms. The number of benzene rings is 1. The molecule has 30 heavy (non-hydrogen) atoms. The Morgan fingerprint density at radius 1 is 1.07 bits per heavy atom. The number of carbonyl (C=O) groups excluding carboxylic acids is 2. The molecule has 0 bridgehead atoms. The van der Waals surface area contributed by atoms with Gasteiger partial charge in [0.1, 0.15) is 17.9 Å². The van der Waals surface area contributed by atoms with Gasteiger partial charge in [0, 0.05) is 19.9 Å². The minimum atomic E-state index is -0.645. The van der Waals surface area contributed by atoms with Crippen LogP contribution in [-0.4, -0.2) is 41.1 Å². The van der Waals surface area contributed by atoms with Crippen molar-refractivity contribution in [1.82, 2.24) is 4.90 Å². The molecule has 168 valence electrons. The van der Waals surface area contributed by atoms with Crippen LogP contribution in [0.2, 0.25) is 0 Å². The van der Waals surface area contributed by atoms with E-state index in [1.54, 1.807) is 36.2 Å². The molecule has 1 amide bonds. The van der Waals surface area contributed by atoms with Crippen LogP contribution in [0.1, 0.15) is 83.6 Å². The molecule has 5 nitrogen and oxygen atoms in total. The highest BCUT2D eigenvalue weighted by Gasteiger charge is 2.30. The van der Waals surface area contributed by atoms with Crippen LogP contribution in [0.3, 0.4) is 0 Å². The van der Waals surface area contributed by atoms with E-state index in [1.807, 2.05) is 0 Å². The molecule has 1 aliphatic rings. The van der Waals surface area contributed by atoms with Gasteiger partial charge in [-0.05, 0) is 55.7 Å². The van der Waals surface area contributed by atoms with Gasteiger partial charge in [0.05, 0.1) is 0 Å². The SMILES string of the molecule is CCCCC[C@@H]1CC[C@H](C)CCCCC(=O)N(C)[C@@H](Cc2ccc(O)cc2)C(=O)O1. The summed E-state index contributed by atoms with van der Waals surface area (Å²) in [6, 6.07) is 6.16. The Bertz CT molecular complexity index is 658. The van der Waals surface area contributed by atoms with E-state index in [2.05, 4.69) is 13.8 Å². The van der Waals surface area contributed by atoms with E-state index in [9.17, 15) is 14.7 Å². The number of aromatic hydroxyl groups is 1. The number of phenolic OH excluding ortho intramolecular Hbond substituents is 1. The second kappa shape index (κ2) is 12.6. The summed E-state index contributed by atoms with van der Waals surface area (Å²) in [5.74, 6) is 0.446. The zero-order chi connectivity index (χ0) is 21.9. The van der Waals surface area contributed by atoms with Crippen LogP contribution >= 0.6 is 0 Å². The molecular formula is C25H39NO4. The third-order valence-corrected chi connectivity index (χ3v) is 6.23. The van der Waals surface area contributed by atoms with E-state index >= 15 is 0 Å². The number of carbonyl (C=O) groups is 2. The maximum absolute atomic E-state index is 13.2. The maximum atomic E-state index is 13.2. The summed E-state index contributed by atoms with van der Waals surface area (Å²) in [7, 11) is 1.71. The average Bonchev–Trinajstić information content (AvgIpc) is 2.73. The molecule has 5 heteroatoms. The van der Waals surface area contributed by atoms with Crippen LogP contribution in [0.15, 0.2) is 24.3 Å². The lowest BCUT2D eigenvalue weighted by Crippen LogP contribution is -2.45. The van der Waals surface area contributed by atoms with E-state index in [1.165, 1.54) is 0 Å². The van der Waals surface area contributed by atoms with Crippen LogP contribution in [0.5, 0.6) is 5.75 Å². The minimum absolute atomic E-state index is 0.00911. The molecule has 1 fully saturated rings. The summed E-state index contributed by atoms with van der Waals surface area (Å²) < 4.78 is 6.00. The Balaban J connectivity index is 2.19. The molecule has 1 aromatic carbocycles. The second-order valence-corrected chi connectivity index (χ2v) is 8.87. The Morgan fingerprint density at radius 3 is 2.50 bits per heavy atom.